The van der Waals surface area contributed by atoms with Crippen LogP contribution in [0.4, 0.5) is 22.7 Å². The molecule has 36 heavy (non-hydrogen) atoms. The number of nitrogens with zero attached hydrogens (tertiary/aromatic N) is 4. The van der Waals surface area contributed by atoms with Gasteiger partial charge < -0.3 is 9.47 Å². The molecule has 4 rings (SSSR count). The molecule has 0 saturated heterocycles. The van der Waals surface area contributed by atoms with Crippen LogP contribution in [0.5, 0.6) is 23.0 Å². The number of ether oxygens (including phenoxy) is 2. The van der Waals surface area contributed by atoms with Crippen molar-refractivity contribution in [3.05, 3.63) is 113 Å². The first kappa shape index (κ1) is 23.5. The Morgan fingerprint density at radius 2 is 1.08 bits per heavy atom. The van der Waals surface area contributed by atoms with Crippen LogP contribution >= 0.6 is 0 Å². The quantitative estimate of drug-likeness (QED) is 0.206. The van der Waals surface area contributed by atoms with E-state index in [1.54, 1.807) is 18.2 Å². The number of rotatable bonds is 8. The maximum Gasteiger partial charge on any atom is 0.318 e. The Morgan fingerprint density at radius 3 is 1.61 bits per heavy atom. The molecule has 4 aromatic carbocycles. The third-order valence-electron chi connectivity index (χ3n) is 4.96. The van der Waals surface area contributed by atoms with Crippen LogP contribution < -0.4 is 9.47 Å². The fourth-order valence-corrected chi connectivity index (χ4v) is 3.33. The Hall–Kier alpha value is -5.66. The lowest BCUT2D eigenvalue weighted by atomic mass is 10.1. The highest BCUT2D eigenvalue weighted by Crippen LogP contribution is 2.39. The van der Waals surface area contributed by atoms with Crippen LogP contribution in [-0.2, 0) is 0 Å². The Labute approximate surface area is 199 Å². The van der Waals surface area contributed by atoms with Gasteiger partial charge in [0.05, 0.1) is 31.8 Å². The minimum Gasteiger partial charge on any atom is -0.450 e. The van der Waals surface area contributed by atoms with Gasteiger partial charge in [0.25, 0.3) is 11.4 Å². The van der Waals surface area contributed by atoms with Crippen LogP contribution in [0.2, 0.25) is 0 Å². The molecule has 0 amide bonds. The molecule has 0 unspecified atom stereocenters. The molecule has 0 spiro atoms. The molecule has 0 heterocycles. The van der Waals surface area contributed by atoms with Crippen LogP contribution in [0.1, 0.15) is 0 Å². The fourth-order valence-electron chi connectivity index (χ4n) is 3.33. The van der Waals surface area contributed by atoms with Crippen molar-refractivity contribution < 1.29 is 29.2 Å². The van der Waals surface area contributed by atoms with Gasteiger partial charge in [-0.15, -0.1) is 0 Å². The number of benzene rings is 4. The van der Waals surface area contributed by atoms with Crippen molar-refractivity contribution in [2.45, 2.75) is 0 Å². The maximum absolute atomic E-state index is 11.4. The minimum absolute atomic E-state index is 0.179. The third kappa shape index (κ3) is 4.67. The first-order valence-corrected chi connectivity index (χ1v) is 9.88. The van der Waals surface area contributed by atoms with E-state index in [0.29, 0.717) is 10.8 Å². The number of nitro groups is 4. The van der Waals surface area contributed by atoms with Gasteiger partial charge in [0.15, 0.2) is 0 Å². The van der Waals surface area contributed by atoms with Crippen molar-refractivity contribution in [3.8, 4) is 23.0 Å². The lowest BCUT2D eigenvalue weighted by Crippen LogP contribution is -1.97. The van der Waals surface area contributed by atoms with Crippen LogP contribution in [0, 0.1) is 40.5 Å². The second-order valence-electron chi connectivity index (χ2n) is 7.18. The Bertz CT molecular complexity index is 1570. The molecule has 0 aliphatic heterocycles. The van der Waals surface area contributed by atoms with Crippen molar-refractivity contribution in [2.24, 2.45) is 0 Å². The van der Waals surface area contributed by atoms with Gasteiger partial charge in [-0.1, -0.05) is 12.1 Å². The van der Waals surface area contributed by atoms with Gasteiger partial charge in [0.1, 0.15) is 11.5 Å². The number of non-ortho nitro benzene ring substituents is 2. The normalized spacial score (nSPS) is 10.6. The van der Waals surface area contributed by atoms with Crippen molar-refractivity contribution in [1.29, 1.82) is 0 Å². The Balaban J connectivity index is 1.68. The zero-order valence-corrected chi connectivity index (χ0v) is 17.8. The first-order valence-electron chi connectivity index (χ1n) is 9.88. The van der Waals surface area contributed by atoms with Gasteiger partial charge in [-0.25, -0.2) is 0 Å². The standard InChI is InChI=1S/C22H12N4O10/c27-23(28)14-4-8-21(18(11-14)25(31)32)35-16-6-7-17-13(10-16)2-1-3-20(17)36-22-9-5-15(24(29)30)12-19(22)26(33)34/h1-12H. The summed E-state index contributed by atoms with van der Waals surface area (Å²) in [4.78, 5) is 41.5. The van der Waals surface area contributed by atoms with E-state index >= 15 is 0 Å². The molecule has 180 valence electrons. The van der Waals surface area contributed by atoms with E-state index in [1.165, 1.54) is 18.2 Å². The molecule has 0 saturated carbocycles. The summed E-state index contributed by atoms with van der Waals surface area (Å²) >= 11 is 0. The molecule has 0 radical (unpaired) electrons. The average molecular weight is 492 g/mol. The minimum atomic E-state index is -0.799. The maximum atomic E-state index is 11.4. The molecule has 0 N–H and O–H groups in total. The highest BCUT2D eigenvalue weighted by molar-refractivity contribution is 5.90. The molecular weight excluding hydrogens is 480 g/mol. The van der Waals surface area contributed by atoms with E-state index in [4.69, 9.17) is 9.47 Å². The molecular formula is C22H12N4O10. The molecule has 0 bridgehead atoms. The van der Waals surface area contributed by atoms with Crippen molar-refractivity contribution in [2.75, 3.05) is 0 Å². The van der Waals surface area contributed by atoms with E-state index in [2.05, 4.69) is 0 Å². The number of nitro benzene ring substituents is 4. The largest absolute Gasteiger partial charge is 0.450 e. The summed E-state index contributed by atoms with van der Waals surface area (Å²) in [5.41, 5.74) is -2.11. The van der Waals surface area contributed by atoms with Gasteiger partial charge in [-0.05, 0) is 41.8 Å². The van der Waals surface area contributed by atoms with Crippen LogP contribution in [-0.4, -0.2) is 19.7 Å². The van der Waals surface area contributed by atoms with Crippen LogP contribution in [0.15, 0.2) is 72.8 Å². The topological polar surface area (TPSA) is 191 Å². The lowest BCUT2D eigenvalue weighted by Gasteiger charge is -2.11. The Morgan fingerprint density at radius 1 is 0.528 bits per heavy atom. The molecule has 0 fully saturated rings. The summed E-state index contributed by atoms with van der Waals surface area (Å²) in [7, 11) is 0. The number of hydrogen-bond donors (Lipinski definition) is 0. The highest BCUT2D eigenvalue weighted by atomic mass is 16.6. The van der Waals surface area contributed by atoms with Crippen LogP contribution in [0.3, 0.4) is 0 Å². The summed E-state index contributed by atoms with van der Waals surface area (Å²) in [6.07, 6.45) is 0. The zero-order valence-electron chi connectivity index (χ0n) is 17.8. The van der Waals surface area contributed by atoms with E-state index in [0.717, 1.165) is 36.4 Å². The summed E-state index contributed by atoms with van der Waals surface area (Å²) in [5.74, 6) is -0.0333. The molecule has 0 aliphatic rings. The summed E-state index contributed by atoms with van der Waals surface area (Å²) in [6, 6.07) is 15.3. The van der Waals surface area contributed by atoms with Crippen LogP contribution in [0.25, 0.3) is 10.8 Å². The molecule has 0 aromatic heterocycles. The SMILES string of the molecule is O=[N+]([O-])c1ccc(Oc2ccc3c(Oc4ccc([N+](=O)[O-])cc4[N+](=O)[O-])cccc3c2)c([N+](=O)[O-])c1. The highest BCUT2D eigenvalue weighted by Gasteiger charge is 2.23. The molecule has 14 heteroatoms. The van der Waals surface area contributed by atoms with Crippen molar-refractivity contribution >= 4 is 33.5 Å². The number of hydrogen-bond acceptors (Lipinski definition) is 10. The van der Waals surface area contributed by atoms with Gasteiger partial charge in [-0.2, -0.15) is 0 Å². The molecule has 4 aromatic rings. The smallest absolute Gasteiger partial charge is 0.318 e. The molecule has 0 atom stereocenters. The van der Waals surface area contributed by atoms with E-state index in [9.17, 15) is 40.5 Å². The fraction of sp³-hybridized carbons (Fsp3) is 0. The van der Waals surface area contributed by atoms with E-state index in [-0.39, 0.29) is 23.0 Å². The predicted molar refractivity (Wildman–Crippen MR) is 124 cm³/mol. The lowest BCUT2D eigenvalue weighted by molar-refractivity contribution is -0.394. The van der Waals surface area contributed by atoms with E-state index < -0.39 is 42.4 Å². The van der Waals surface area contributed by atoms with Gasteiger partial charge in [-0.3, -0.25) is 40.5 Å². The van der Waals surface area contributed by atoms with Crippen molar-refractivity contribution in [3.63, 3.8) is 0 Å². The third-order valence-corrected chi connectivity index (χ3v) is 4.96. The summed E-state index contributed by atoms with van der Waals surface area (Å²) in [5, 5.41) is 45.7. The summed E-state index contributed by atoms with van der Waals surface area (Å²) in [6.45, 7) is 0. The predicted octanol–water partition coefficient (Wildman–Crippen LogP) is 6.06. The Kier molecular flexibility index (Phi) is 6.07. The monoisotopic (exact) mass is 492 g/mol. The second-order valence-corrected chi connectivity index (χ2v) is 7.18. The van der Waals surface area contributed by atoms with Crippen molar-refractivity contribution in [1.82, 2.24) is 0 Å². The van der Waals surface area contributed by atoms with E-state index in [1.807, 2.05) is 0 Å². The average Bonchev–Trinajstić information content (AvgIpc) is 2.84. The second kappa shape index (κ2) is 9.30. The number of fused-ring (bicyclic) bond motifs is 1. The summed E-state index contributed by atoms with van der Waals surface area (Å²) < 4.78 is 11.3. The van der Waals surface area contributed by atoms with Gasteiger partial charge >= 0.3 is 11.4 Å². The zero-order chi connectivity index (χ0) is 26.0. The van der Waals surface area contributed by atoms with Gasteiger partial charge in [0.2, 0.25) is 11.5 Å². The first-order chi connectivity index (χ1) is 17.1. The van der Waals surface area contributed by atoms with Gasteiger partial charge in [0, 0.05) is 17.5 Å². The molecule has 0 aliphatic carbocycles. The molecule has 14 nitrogen and oxygen atoms in total.